The lowest BCUT2D eigenvalue weighted by molar-refractivity contribution is -0.376. The van der Waals surface area contributed by atoms with Gasteiger partial charge in [-0.2, -0.15) is 26.3 Å². The Balaban J connectivity index is 3.69. The summed E-state index contributed by atoms with van der Waals surface area (Å²) in [6, 6.07) is 1.05. The minimum Gasteiger partial charge on any atom is -0.493 e. The van der Waals surface area contributed by atoms with Gasteiger partial charge in [0, 0.05) is 17.3 Å². The summed E-state index contributed by atoms with van der Waals surface area (Å²) in [6.07, 6.45) is -12.1. The Hall–Kier alpha value is -1.84. The van der Waals surface area contributed by atoms with Crippen LogP contribution in [-0.4, -0.2) is 31.7 Å². The molecule has 0 heterocycles. The van der Waals surface area contributed by atoms with Gasteiger partial charge in [-0.25, -0.2) is 0 Å². The van der Waals surface area contributed by atoms with Gasteiger partial charge in [-0.1, -0.05) is 0 Å². The minimum atomic E-state index is -6.03. The van der Waals surface area contributed by atoms with E-state index in [4.69, 9.17) is 10.5 Å². The van der Waals surface area contributed by atoms with Gasteiger partial charge in [0.1, 0.15) is 0 Å². The van der Waals surface area contributed by atoms with Crippen LogP contribution in [0.1, 0.15) is 5.56 Å². The predicted molar refractivity (Wildman–Crippen MR) is 60.0 cm³/mol. The topological polar surface area (TPSA) is 64.7 Å². The summed E-state index contributed by atoms with van der Waals surface area (Å²) in [7, 11) is 2.13. The van der Waals surface area contributed by atoms with E-state index in [-0.39, 0.29) is 5.75 Å². The number of alkyl halides is 6. The highest BCUT2D eigenvalue weighted by Crippen LogP contribution is 2.53. The van der Waals surface area contributed by atoms with E-state index in [0.29, 0.717) is 12.1 Å². The number of methoxy groups -OCH3 is 2. The Morgan fingerprint density at radius 3 is 1.62 bits per heavy atom. The van der Waals surface area contributed by atoms with E-state index in [1.807, 2.05) is 0 Å². The molecule has 120 valence electrons. The molecule has 0 amide bonds. The van der Waals surface area contributed by atoms with Gasteiger partial charge >= 0.3 is 12.4 Å². The third-order valence-electron chi connectivity index (χ3n) is 2.77. The van der Waals surface area contributed by atoms with Crippen LogP contribution in [0.15, 0.2) is 12.1 Å². The number of benzene rings is 1. The van der Waals surface area contributed by atoms with Gasteiger partial charge < -0.3 is 20.3 Å². The summed E-state index contributed by atoms with van der Waals surface area (Å²) >= 11 is 0. The molecule has 0 spiro atoms. The number of nitrogen functional groups attached to an aromatic ring is 1. The van der Waals surface area contributed by atoms with Gasteiger partial charge in [0.05, 0.1) is 14.2 Å². The molecule has 10 heteroatoms. The van der Waals surface area contributed by atoms with Crippen molar-refractivity contribution >= 4 is 5.69 Å². The molecule has 21 heavy (non-hydrogen) atoms. The molecule has 0 bridgehead atoms. The van der Waals surface area contributed by atoms with E-state index < -0.39 is 35.0 Å². The molecule has 0 aliphatic heterocycles. The number of halogens is 6. The lowest BCUT2D eigenvalue weighted by Crippen LogP contribution is -2.54. The van der Waals surface area contributed by atoms with Crippen LogP contribution < -0.4 is 15.2 Å². The van der Waals surface area contributed by atoms with Gasteiger partial charge in [-0.15, -0.1) is 0 Å². The van der Waals surface area contributed by atoms with Crippen LogP contribution in [0.25, 0.3) is 0 Å². The largest absolute Gasteiger partial charge is 0.493 e. The molecule has 4 nitrogen and oxygen atoms in total. The highest BCUT2D eigenvalue weighted by Gasteiger charge is 2.72. The minimum absolute atomic E-state index is 0.176. The summed E-state index contributed by atoms with van der Waals surface area (Å²) < 4.78 is 86.1. The maximum atomic E-state index is 12.8. The lowest BCUT2D eigenvalue weighted by atomic mass is 9.90. The Morgan fingerprint density at radius 1 is 0.905 bits per heavy atom. The molecule has 0 aromatic heterocycles. The van der Waals surface area contributed by atoms with E-state index in [2.05, 4.69) is 4.74 Å². The molecule has 0 saturated heterocycles. The van der Waals surface area contributed by atoms with Gasteiger partial charge in [-0.3, -0.25) is 0 Å². The number of hydrogen-bond donors (Lipinski definition) is 2. The molecule has 0 saturated carbocycles. The Morgan fingerprint density at radius 2 is 1.29 bits per heavy atom. The molecule has 0 aliphatic carbocycles. The fourth-order valence-electron chi connectivity index (χ4n) is 1.67. The van der Waals surface area contributed by atoms with Crippen molar-refractivity contribution in [3.05, 3.63) is 17.7 Å². The number of nitrogens with two attached hydrogens (primary N) is 1. The molecule has 1 rings (SSSR count). The van der Waals surface area contributed by atoms with Crippen molar-refractivity contribution in [3.8, 4) is 11.5 Å². The molecular weight excluding hydrogens is 308 g/mol. The van der Waals surface area contributed by atoms with Gasteiger partial charge in [0.15, 0.2) is 11.5 Å². The number of anilines is 1. The number of hydrogen-bond acceptors (Lipinski definition) is 4. The zero-order valence-corrected chi connectivity index (χ0v) is 10.8. The van der Waals surface area contributed by atoms with E-state index in [1.54, 1.807) is 0 Å². The number of rotatable bonds is 3. The van der Waals surface area contributed by atoms with Crippen molar-refractivity contribution in [2.75, 3.05) is 20.0 Å². The SMILES string of the molecule is COc1cc(N)c(C(O)(C(F)(F)F)C(F)(F)F)cc1OC. The molecule has 0 atom stereocenters. The van der Waals surface area contributed by atoms with E-state index >= 15 is 0 Å². The monoisotopic (exact) mass is 319 g/mol. The zero-order chi connectivity index (χ0) is 16.6. The zero-order valence-electron chi connectivity index (χ0n) is 10.8. The maximum absolute atomic E-state index is 12.8. The van der Waals surface area contributed by atoms with Crippen molar-refractivity contribution in [1.82, 2.24) is 0 Å². The van der Waals surface area contributed by atoms with Crippen molar-refractivity contribution in [2.24, 2.45) is 0 Å². The van der Waals surface area contributed by atoms with Crippen molar-refractivity contribution in [1.29, 1.82) is 0 Å². The molecule has 0 unspecified atom stereocenters. The van der Waals surface area contributed by atoms with Crippen LogP contribution in [0.5, 0.6) is 11.5 Å². The van der Waals surface area contributed by atoms with E-state index in [9.17, 15) is 31.4 Å². The number of aliphatic hydroxyl groups is 1. The van der Waals surface area contributed by atoms with Crippen molar-refractivity contribution in [2.45, 2.75) is 18.0 Å². The molecule has 0 fully saturated rings. The smallest absolute Gasteiger partial charge is 0.430 e. The molecule has 0 radical (unpaired) electrons. The quantitative estimate of drug-likeness (QED) is 0.664. The highest BCUT2D eigenvalue weighted by atomic mass is 19.4. The third-order valence-corrected chi connectivity index (χ3v) is 2.77. The average molecular weight is 319 g/mol. The Labute approximate surface area is 115 Å². The van der Waals surface area contributed by atoms with Crippen LogP contribution in [0, 0.1) is 0 Å². The average Bonchev–Trinajstić information content (AvgIpc) is 2.34. The second-order valence-corrected chi connectivity index (χ2v) is 4.00. The van der Waals surface area contributed by atoms with Gasteiger partial charge in [-0.05, 0) is 6.07 Å². The second kappa shape index (κ2) is 5.17. The Bertz CT molecular complexity index is 512. The summed E-state index contributed by atoms with van der Waals surface area (Å²) in [5, 5.41) is 9.29. The molecule has 0 aliphatic rings. The highest BCUT2D eigenvalue weighted by molar-refractivity contribution is 5.60. The summed E-state index contributed by atoms with van der Waals surface area (Å²) in [6.45, 7) is 0. The second-order valence-electron chi connectivity index (χ2n) is 4.00. The van der Waals surface area contributed by atoms with E-state index in [1.165, 1.54) is 0 Å². The van der Waals surface area contributed by atoms with Crippen LogP contribution in [0.3, 0.4) is 0 Å². The standard InChI is InChI=1S/C11H11F6NO3/c1-20-7-3-5(6(18)4-8(7)21-2)9(19,10(12,13)14)11(15,16)17/h3-4,19H,18H2,1-2H3. The van der Waals surface area contributed by atoms with Gasteiger partial charge in [0.25, 0.3) is 5.60 Å². The van der Waals surface area contributed by atoms with Crippen molar-refractivity contribution < 1.29 is 40.9 Å². The summed E-state index contributed by atoms with van der Waals surface area (Å²) in [5.41, 5.74) is -2.44. The van der Waals surface area contributed by atoms with E-state index in [0.717, 1.165) is 14.2 Å². The lowest BCUT2D eigenvalue weighted by Gasteiger charge is -2.33. The fourth-order valence-corrected chi connectivity index (χ4v) is 1.67. The Kier molecular flexibility index (Phi) is 4.24. The normalized spacial score (nSPS) is 13.2. The van der Waals surface area contributed by atoms with Gasteiger partial charge in [0.2, 0.25) is 0 Å². The summed E-state index contributed by atoms with van der Waals surface area (Å²) in [5.74, 6) is -0.612. The number of ether oxygens (including phenoxy) is 2. The fraction of sp³-hybridized carbons (Fsp3) is 0.455. The first-order chi connectivity index (χ1) is 9.40. The molecule has 3 N–H and O–H groups in total. The maximum Gasteiger partial charge on any atom is 0.430 e. The first kappa shape index (κ1) is 17.2. The van der Waals surface area contributed by atoms with Crippen molar-refractivity contribution in [3.63, 3.8) is 0 Å². The predicted octanol–water partition coefficient (Wildman–Crippen LogP) is 2.60. The van der Waals surface area contributed by atoms with Crippen LogP contribution in [0.4, 0.5) is 32.0 Å². The molecule has 1 aromatic carbocycles. The van der Waals surface area contributed by atoms with Crippen LogP contribution in [0.2, 0.25) is 0 Å². The first-order valence-corrected chi connectivity index (χ1v) is 5.28. The van der Waals surface area contributed by atoms with Crippen LogP contribution >= 0.6 is 0 Å². The molecule has 1 aromatic rings. The molecular formula is C11H11F6NO3. The summed E-state index contributed by atoms with van der Waals surface area (Å²) in [4.78, 5) is 0. The van der Waals surface area contributed by atoms with Crippen LogP contribution in [-0.2, 0) is 5.60 Å². The third kappa shape index (κ3) is 2.67. The first-order valence-electron chi connectivity index (χ1n) is 5.28.